The van der Waals surface area contributed by atoms with Crippen LogP contribution in [0.25, 0.3) is 77.3 Å². The van der Waals surface area contributed by atoms with Crippen molar-refractivity contribution in [1.29, 1.82) is 0 Å². The molecule has 0 bridgehead atoms. The van der Waals surface area contributed by atoms with Gasteiger partial charge in [-0.2, -0.15) is 0 Å². The molecule has 352 valence electrons. The molecule has 0 saturated carbocycles. The molecule has 0 saturated heterocycles. The highest BCUT2D eigenvalue weighted by atomic mass is 15.1. The van der Waals surface area contributed by atoms with E-state index in [2.05, 4.69) is 265 Å². The lowest BCUT2D eigenvalue weighted by Gasteiger charge is -2.33. The summed E-state index contributed by atoms with van der Waals surface area (Å²) in [4.78, 5) is 2.45. The van der Waals surface area contributed by atoms with Crippen molar-refractivity contribution >= 4 is 71.8 Å². The predicted octanol–water partition coefficient (Wildman–Crippen LogP) is 19.2. The van der Waals surface area contributed by atoms with Crippen LogP contribution in [-0.2, 0) is 5.41 Å². The number of aromatic nitrogens is 2. The van der Waals surface area contributed by atoms with Gasteiger partial charge in [-0.25, -0.2) is 0 Å². The van der Waals surface area contributed by atoms with E-state index in [0.29, 0.717) is 0 Å². The Morgan fingerprint density at radius 1 is 0.507 bits per heavy atom. The number of para-hydroxylation sites is 3. The van der Waals surface area contributed by atoms with Crippen LogP contribution < -0.4 is 4.90 Å². The average molecular weight is 940 g/mol. The van der Waals surface area contributed by atoms with Crippen LogP contribution in [-0.4, -0.2) is 9.13 Å². The van der Waals surface area contributed by atoms with Crippen LogP contribution in [0, 0.1) is 0 Å². The fourth-order valence-electron chi connectivity index (χ4n) is 12.8. The molecule has 9 aromatic carbocycles. The van der Waals surface area contributed by atoms with Gasteiger partial charge in [-0.3, -0.25) is 0 Å². The topological polar surface area (TPSA) is 13.1 Å². The number of fused-ring (bicyclic) bond motifs is 15. The zero-order valence-corrected chi connectivity index (χ0v) is 42.0. The molecular formula is C70H57N3. The predicted molar refractivity (Wildman–Crippen MR) is 311 cm³/mol. The average Bonchev–Trinajstić information content (AvgIpc) is 4.15. The maximum absolute atomic E-state index is 2.58. The van der Waals surface area contributed by atoms with Gasteiger partial charge in [0.1, 0.15) is 0 Å². The molecule has 3 aliphatic rings. The van der Waals surface area contributed by atoms with E-state index in [1.54, 1.807) is 0 Å². The Morgan fingerprint density at radius 3 is 1.82 bits per heavy atom. The highest BCUT2D eigenvalue weighted by molar-refractivity contribution is 6.14. The SMILES string of the molecule is C/C=C\C(=C/CC)c1ccc(N(c2ccc3c(c2)c2ccccc2n3-c2ccccc2)c2ccc3c4cc5c(cc4n(-c4ccccc4)c3c2)-c2ccccc2C52C3=C(C=CCC3)c3ccccc32)cc1.CC. The molecule has 3 aliphatic carbocycles. The fourth-order valence-corrected chi connectivity index (χ4v) is 12.8. The van der Waals surface area contributed by atoms with Crippen molar-refractivity contribution in [2.24, 2.45) is 0 Å². The van der Waals surface area contributed by atoms with E-state index < -0.39 is 0 Å². The molecule has 0 amide bonds. The van der Waals surface area contributed by atoms with Crippen molar-refractivity contribution in [2.45, 2.75) is 52.4 Å². The third-order valence-electron chi connectivity index (χ3n) is 15.6. The highest BCUT2D eigenvalue weighted by Gasteiger charge is 2.52. The highest BCUT2D eigenvalue weighted by Crippen LogP contribution is 2.64. The summed E-state index contributed by atoms with van der Waals surface area (Å²) in [6.07, 6.45) is 14.5. The third-order valence-corrected chi connectivity index (χ3v) is 15.6. The molecule has 1 atom stereocenters. The summed E-state index contributed by atoms with van der Waals surface area (Å²) in [5.74, 6) is 0. The van der Waals surface area contributed by atoms with Gasteiger partial charge in [0.05, 0.1) is 27.5 Å². The standard InChI is InChI=1S/C68H51N3.C2H6/c1-3-19-45(20-4-2)46-33-35-49(36-34-46)69(50-38-40-65-58(41-50)55-28-14-18-32-64(55)70(65)47-21-7-5-8-22-47)51-37-39-56-59-43-63-57(44-67(59)71(66(56)42-51)48-23-9-6-10-24-48)54-27-13-17-31-62(54)68(63)60-29-15-11-25-52(60)53-26-12-16-30-61(53)68;1-2/h3,5-15,17-29,31-44H,4,16,30H2,1-2H3;1-2H3/b19-3-,45-20+;. The summed E-state index contributed by atoms with van der Waals surface area (Å²) in [6, 6.07) is 77.4. The van der Waals surface area contributed by atoms with Crippen LogP contribution in [0.4, 0.5) is 17.1 Å². The lowest BCUT2D eigenvalue weighted by molar-refractivity contribution is 0.715. The Hall–Kier alpha value is -8.66. The van der Waals surface area contributed by atoms with E-state index >= 15 is 0 Å². The van der Waals surface area contributed by atoms with Crippen molar-refractivity contribution in [3.05, 3.63) is 270 Å². The molecule has 11 aromatic rings. The van der Waals surface area contributed by atoms with E-state index in [0.717, 1.165) is 47.7 Å². The van der Waals surface area contributed by atoms with Crippen LogP contribution >= 0.6 is 0 Å². The minimum absolute atomic E-state index is 0.345. The van der Waals surface area contributed by atoms with Crippen LogP contribution in [0.15, 0.2) is 242 Å². The molecule has 0 fully saturated rings. The summed E-state index contributed by atoms with van der Waals surface area (Å²) >= 11 is 0. The van der Waals surface area contributed by atoms with Crippen LogP contribution in [0.3, 0.4) is 0 Å². The first-order chi connectivity index (χ1) is 36.1. The second-order valence-corrected chi connectivity index (χ2v) is 19.3. The molecule has 2 aromatic heterocycles. The smallest absolute Gasteiger partial charge is 0.0688 e. The summed E-state index contributed by atoms with van der Waals surface area (Å²) in [6.45, 7) is 8.30. The van der Waals surface area contributed by atoms with Gasteiger partial charge in [0.25, 0.3) is 0 Å². The number of hydrogen-bond acceptors (Lipinski definition) is 1. The Morgan fingerprint density at radius 2 is 1.08 bits per heavy atom. The zero-order valence-electron chi connectivity index (χ0n) is 42.0. The monoisotopic (exact) mass is 939 g/mol. The Balaban J connectivity index is 0.00000255. The van der Waals surface area contributed by atoms with Crippen LogP contribution in [0.5, 0.6) is 0 Å². The quantitative estimate of drug-likeness (QED) is 0.138. The maximum Gasteiger partial charge on any atom is 0.0688 e. The van der Waals surface area contributed by atoms with Crippen LogP contribution in [0.2, 0.25) is 0 Å². The molecule has 3 heteroatoms. The van der Waals surface area contributed by atoms with E-state index in [4.69, 9.17) is 0 Å². The van der Waals surface area contributed by atoms with Crippen molar-refractivity contribution in [2.75, 3.05) is 4.90 Å². The van der Waals surface area contributed by atoms with Gasteiger partial charge in [0.15, 0.2) is 0 Å². The number of allylic oxidation sites excluding steroid dienone is 8. The largest absolute Gasteiger partial charge is 0.310 e. The summed E-state index contributed by atoms with van der Waals surface area (Å²) in [5.41, 5.74) is 23.6. The van der Waals surface area contributed by atoms with Crippen molar-refractivity contribution in [1.82, 2.24) is 9.13 Å². The van der Waals surface area contributed by atoms with E-state index in [-0.39, 0.29) is 5.41 Å². The molecule has 0 radical (unpaired) electrons. The Labute approximate surface area is 428 Å². The lowest BCUT2D eigenvalue weighted by Crippen LogP contribution is -2.27. The number of rotatable bonds is 8. The minimum Gasteiger partial charge on any atom is -0.310 e. The van der Waals surface area contributed by atoms with Crippen molar-refractivity contribution in [3.8, 4) is 22.5 Å². The normalized spacial score (nSPS) is 15.6. The number of benzene rings is 9. The fraction of sp³-hybridized carbons (Fsp3) is 0.114. The Bertz CT molecular complexity index is 4080. The molecule has 14 rings (SSSR count). The second-order valence-electron chi connectivity index (χ2n) is 19.3. The van der Waals surface area contributed by atoms with Gasteiger partial charge in [-0.15, -0.1) is 0 Å². The first kappa shape index (κ1) is 44.3. The summed E-state index contributed by atoms with van der Waals surface area (Å²) in [7, 11) is 0. The number of anilines is 3. The lowest BCUT2D eigenvalue weighted by atomic mass is 9.68. The first-order valence-electron chi connectivity index (χ1n) is 26.3. The molecule has 0 aliphatic heterocycles. The first-order valence-corrected chi connectivity index (χ1v) is 26.3. The third kappa shape index (κ3) is 6.65. The zero-order chi connectivity index (χ0) is 49.2. The molecular weight excluding hydrogens is 883 g/mol. The molecule has 73 heavy (non-hydrogen) atoms. The van der Waals surface area contributed by atoms with Gasteiger partial charge < -0.3 is 14.0 Å². The van der Waals surface area contributed by atoms with Crippen LogP contribution in [0.1, 0.15) is 74.8 Å². The van der Waals surface area contributed by atoms with E-state index in [1.807, 2.05) is 13.8 Å². The Kier molecular flexibility index (Phi) is 10.8. The summed E-state index contributed by atoms with van der Waals surface area (Å²) < 4.78 is 4.91. The number of nitrogens with zero attached hydrogens (tertiary/aromatic N) is 3. The van der Waals surface area contributed by atoms with Gasteiger partial charge in [0.2, 0.25) is 0 Å². The van der Waals surface area contributed by atoms with Gasteiger partial charge in [0, 0.05) is 50.0 Å². The summed E-state index contributed by atoms with van der Waals surface area (Å²) in [5, 5.41) is 4.95. The minimum atomic E-state index is -0.345. The van der Waals surface area contributed by atoms with Crippen molar-refractivity contribution < 1.29 is 0 Å². The molecule has 3 nitrogen and oxygen atoms in total. The maximum atomic E-state index is 2.58. The van der Waals surface area contributed by atoms with Crippen molar-refractivity contribution in [3.63, 3.8) is 0 Å². The van der Waals surface area contributed by atoms with Gasteiger partial charge in [-0.1, -0.05) is 172 Å². The van der Waals surface area contributed by atoms with Gasteiger partial charge >= 0.3 is 0 Å². The van der Waals surface area contributed by atoms with Gasteiger partial charge in [-0.05, 0) is 167 Å². The van der Waals surface area contributed by atoms with E-state index in [9.17, 15) is 0 Å². The molecule has 2 heterocycles. The van der Waals surface area contributed by atoms with E-state index in [1.165, 1.54) is 99.3 Å². The molecule has 1 spiro atoms. The second kappa shape index (κ2) is 17.9. The number of hydrogen-bond donors (Lipinski definition) is 0. The molecule has 0 N–H and O–H groups in total. The molecule has 1 unspecified atom stereocenters.